The van der Waals surface area contributed by atoms with Crippen molar-refractivity contribution in [2.24, 2.45) is 5.92 Å². The van der Waals surface area contributed by atoms with Gasteiger partial charge in [0.1, 0.15) is 5.92 Å². The van der Waals surface area contributed by atoms with E-state index in [0.717, 1.165) is 12.8 Å². The largest absolute Gasteiger partial charge is 0.465 e. The van der Waals surface area contributed by atoms with E-state index in [1.807, 2.05) is 4.67 Å². The second kappa shape index (κ2) is 4.18. The van der Waals surface area contributed by atoms with Crippen molar-refractivity contribution < 1.29 is 14.3 Å². The lowest BCUT2D eigenvalue weighted by Crippen LogP contribution is -2.47. The number of nitrogens with zero attached hydrogens (tertiary/aromatic N) is 1. The first-order valence-corrected chi connectivity index (χ1v) is 5.90. The summed E-state index contributed by atoms with van der Waals surface area (Å²) in [5, 5.41) is 0. The van der Waals surface area contributed by atoms with Crippen LogP contribution in [0.5, 0.6) is 0 Å². The summed E-state index contributed by atoms with van der Waals surface area (Å²) in [4.78, 5) is 23.5. The van der Waals surface area contributed by atoms with E-state index in [2.05, 4.69) is 9.39 Å². The first-order chi connectivity index (χ1) is 7.15. The predicted octanol–water partition coefficient (Wildman–Crippen LogP) is 0.762. The first kappa shape index (κ1) is 11.0. The summed E-state index contributed by atoms with van der Waals surface area (Å²) in [6.45, 7) is 2.12. The molecule has 0 radical (unpaired) electrons. The summed E-state index contributed by atoms with van der Waals surface area (Å²) in [6, 6.07) is 0.273. The van der Waals surface area contributed by atoms with Gasteiger partial charge in [0, 0.05) is 6.04 Å². The van der Waals surface area contributed by atoms with Crippen LogP contribution in [0.2, 0.25) is 0 Å². The molecule has 2 saturated heterocycles. The summed E-state index contributed by atoms with van der Waals surface area (Å²) in [7, 11) is 2.61. The highest BCUT2D eigenvalue weighted by atomic mass is 31.0. The average Bonchev–Trinajstić information content (AvgIpc) is 2.44. The minimum Gasteiger partial charge on any atom is -0.465 e. The number of carbonyl (C=O) groups is 2. The summed E-state index contributed by atoms with van der Waals surface area (Å²) in [6.07, 6.45) is 2.51. The molecule has 2 fully saturated rings. The number of esters is 1. The number of ketones is 1. The Bertz CT molecular complexity index is 294. The molecular formula is C10H16NO3P. The maximum Gasteiger partial charge on any atom is 0.316 e. The summed E-state index contributed by atoms with van der Waals surface area (Å²) < 4.78 is 6.95. The molecule has 2 aliphatic rings. The first-order valence-electron chi connectivity index (χ1n) is 5.38. The molecule has 2 bridgehead atoms. The van der Waals surface area contributed by atoms with Crippen LogP contribution in [0.4, 0.5) is 0 Å². The molecule has 0 aromatic carbocycles. The van der Waals surface area contributed by atoms with E-state index in [-0.39, 0.29) is 17.8 Å². The zero-order valence-corrected chi connectivity index (χ0v) is 9.96. The van der Waals surface area contributed by atoms with Crippen molar-refractivity contribution in [2.75, 3.05) is 6.61 Å². The van der Waals surface area contributed by atoms with Crippen molar-refractivity contribution in [1.29, 1.82) is 0 Å². The van der Waals surface area contributed by atoms with Gasteiger partial charge in [-0.3, -0.25) is 14.3 Å². The Morgan fingerprint density at radius 1 is 1.60 bits per heavy atom. The predicted molar refractivity (Wildman–Crippen MR) is 58.1 cm³/mol. The van der Waals surface area contributed by atoms with Gasteiger partial charge in [0.05, 0.1) is 12.6 Å². The lowest BCUT2D eigenvalue weighted by molar-refractivity contribution is -0.154. The Kier molecular flexibility index (Phi) is 3.08. The lowest BCUT2D eigenvalue weighted by atomic mass is 9.91. The van der Waals surface area contributed by atoms with E-state index in [4.69, 9.17) is 4.74 Å². The van der Waals surface area contributed by atoms with Gasteiger partial charge in [-0.15, -0.1) is 0 Å². The number of ether oxygens (including phenoxy) is 1. The van der Waals surface area contributed by atoms with Gasteiger partial charge in [-0.1, -0.05) is 9.39 Å². The number of rotatable bonds is 2. The standard InChI is InChI=1S/C10H16NO3P/c1-2-14-10(13)7-5-6-3-4-8(9(7)12)11(6)15/h6-8H,2-5,15H2,1H3. The molecule has 0 spiro atoms. The molecule has 0 aromatic rings. The van der Waals surface area contributed by atoms with Crippen LogP contribution in [0.25, 0.3) is 0 Å². The molecule has 0 N–H and O–H groups in total. The second-order valence-corrected chi connectivity index (χ2v) is 4.73. The van der Waals surface area contributed by atoms with Crippen molar-refractivity contribution in [3.63, 3.8) is 0 Å². The smallest absolute Gasteiger partial charge is 0.316 e. The highest BCUT2D eigenvalue weighted by Crippen LogP contribution is 2.39. The van der Waals surface area contributed by atoms with Crippen molar-refractivity contribution in [3.05, 3.63) is 0 Å². The molecular weight excluding hydrogens is 213 g/mol. The van der Waals surface area contributed by atoms with Crippen LogP contribution < -0.4 is 0 Å². The Labute approximate surface area is 91.6 Å². The molecule has 2 rings (SSSR count). The van der Waals surface area contributed by atoms with Crippen molar-refractivity contribution in [3.8, 4) is 0 Å². The minimum absolute atomic E-state index is 0.0391. The van der Waals surface area contributed by atoms with E-state index in [9.17, 15) is 9.59 Å². The van der Waals surface area contributed by atoms with Gasteiger partial charge < -0.3 is 4.74 Å². The normalized spacial score (nSPS) is 35.6. The summed E-state index contributed by atoms with van der Waals surface area (Å²) in [5.41, 5.74) is 0. The van der Waals surface area contributed by atoms with Gasteiger partial charge in [0.25, 0.3) is 0 Å². The fourth-order valence-electron chi connectivity index (χ4n) is 2.51. The topological polar surface area (TPSA) is 46.6 Å². The SMILES string of the molecule is CCOC(=O)C1CC2CCC(C1=O)N2P. The Morgan fingerprint density at radius 2 is 2.33 bits per heavy atom. The van der Waals surface area contributed by atoms with E-state index in [0.29, 0.717) is 19.1 Å². The number of hydrogen-bond donors (Lipinski definition) is 0. The van der Waals surface area contributed by atoms with E-state index >= 15 is 0 Å². The lowest BCUT2D eigenvalue weighted by Gasteiger charge is -2.33. The number of fused-ring (bicyclic) bond motifs is 2. The summed E-state index contributed by atoms with van der Waals surface area (Å²) >= 11 is 0. The zero-order chi connectivity index (χ0) is 11.0. The molecule has 84 valence electrons. The Hall–Kier alpha value is -0.470. The fraction of sp³-hybridized carbons (Fsp3) is 0.800. The maximum absolute atomic E-state index is 12.0. The van der Waals surface area contributed by atoms with Gasteiger partial charge in [-0.05, 0) is 26.2 Å². The third-order valence-corrected chi connectivity index (χ3v) is 4.09. The van der Waals surface area contributed by atoms with Crippen LogP contribution in [-0.4, -0.2) is 35.1 Å². The number of hydrogen-bond acceptors (Lipinski definition) is 4. The molecule has 4 atom stereocenters. The number of Topliss-reactive ketones (excluding diaryl/α,β-unsaturated/α-hetero) is 1. The van der Waals surface area contributed by atoms with E-state index in [1.165, 1.54) is 0 Å². The number of piperidine rings is 1. The highest BCUT2D eigenvalue weighted by molar-refractivity contribution is 7.13. The maximum atomic E-state index is 12.0. The van der Waals surface area contributed by atoms with E-state index in [1.54, 1.807) is 6.92 Å². The molecule has 15 heavy (non-hydrogen) atoms. The van der Waals surface area contributed by atoms with Crippen LogP contribution in [0.1, 0.15) is 26.2 Å². The molecule has 5 heteroatoms. The van der Waals surface area contributed by atoms with Gasteiger partial charge in [0.2, 0.25) is 0 Å². The van der Waals surface area contributed by atoms with Gasteiger partial charge in [0.15, 0.2) is 5.78 Å². The van der Waals surface area contributed by atoms with Crippen molar-refractivity contribution in [1.82, 2.24) is 4.67 Å². The zero-order valence-electron chi connectivity index (χ0n) is 8.81. The van der Waals surface area contributed by atoms with Gasteiger partial charge in [-0.2, -0.15) is 0 Å². The van der Waals surface area contributed by atoms with Crippen LogP contribution >= 0.6 is 9.39 Å². The summed E-state index contributed by atoms with van der Waals surface area (Å²) in [5.74, 6) is -0.811. The van der Waals surface area contributed by atoms with Crippen molar-refractivity contribution in [2.45, 2.75) is 38.3 Å². The molecule has 4 nitrogen and oxygen atoms in total. The Morgan fingerprint density at radius 3 is 3.00 bits per heavy atom. The molecule has 0 aromatic heterocycles. The molecule has 0 aliphatic carbocycles. The van der Waals surface area contributed by atoms with Crippen molar-refractivity contribution >= 4 is 21.1 Å². The molecule has 2 aliphatic heterocycles. The average molecular weight is 229 g/mol. The van der Waals surface area contributed by atoms with Crippen LogP contribution in [0, 0.1) is 5.92 Å². The molecule has 0 saturated carbocycles. The second-order valence-electron chi connectivity index (χ2n) is 4.14. The van der Waals surface area contributed by atoms with Crippen LogP contribution in [0.3, 0.4) is 0 Å². The van der Waals surface area contributed by atoms with Crippen LogP contribution in [-0.2, 0) is 14.3 Å². The molecule has 4 unspecified atom stereocenters. The third-order valence-electron chi connectivity index (χ3n) is 3.31. The monoisotopic (exact) mass is 229 g/mol. The molecule has 2 heterocycles. The van der Waals surface area contributed by atoms with Gasteiger partial charge >= 0.3 is 5.97 Å². The fourth-order valence-corrected chi connectivity index (χ4v) is 3.07. The highest BCUT2D eigenvalue weighted by Gasteiger charge is 2.47. The minimum atomic E-state index is -0.515. The molecule has 0 amide bonds. The third kappa shape index (κ3) is 1.81. The number of carbonyl (C=O) groups excluding carboxylic acids is 2. The quantitative estimate of drug-likeness (QED) is 0.398. The van der Waals surface area contributed by atoms with E-state index < -0.39 is 5.92 Å². The Balaban J connectivity index is 2.10. The van der Waals surface area contributed by atoms with Gasteiger partial charge in [-0.25, -0.2) is 0 Å². The van der Waals surface area contributed by atoms with Crippen LogP contribution in [0.15, 0.2) is 0 Å².